The van der Waals surface area contributed by atoms with Crippen molar-refractivity contribution in [1.29, 1.82) is 0 Å². The molecule has 2 amide bonds. The smallest absolute Gasteiger partial charge is 0.339 e. The van der Waals surface area contributed by atoms with Crippen LogP contribution in [-0.4, -0.2) is 55.5 Å². The number of hydrogen-bond donors (Lipinski definition) is 1. The number of benzene rings is 1. The summed E-state index contributed by atoms with van der Waals surface area (Å²) in [6, 6.07) is 4.42. The Hall–Kier alpha value is -2.90. The minimum Gasteiger partial charge on any atom is -0.465 e. The van der Waals surface area contributed by atoms with E-state index in [1.54, 1.807) is 0 Å². The molecule has 28 heavy (non-hydrogen) atoms. The highest BCUT2D eigenvalue weighted by Crippen LogP contribution is 2.30. The monoisotopic (exact) mass is 388 g/mol. The van der Waals surface area contributed by atoms with Gasteiger partial charge in [0.1, 0.15) is 0 Å². The van der Waals surface area contributed by atoms with E-state index in [1.807, 2.05) is 4.90 Å². The van der Waals surface area contributed by atoms with E-state index in [4.69, 9.17) is 4.74 Å². The number of methoxy groups -OCH3 is 2. The molecular formula is C20H24N2O6. The number of likely N-dealkylation sites (tertiary alicyclic amines) is 1. The third kappa shape index (κ3) is 4.00. The van der Waals surface area contributed by atoms with Gasteiger partial charge in [-0.3, -0.25) is 9.59 Å². The predicted octanol–water partition coefficient (Wildman–Crippen LogP) is 1.99. The molecule has 2 aliphatic rings. The zero-order chi connectivity index (χ0) is 20.3. The number of ether oxygens (including phenoxy) is 2. The van der Waals surface area contributed by atoms with Gasteiger partial charge in [-0.25, -0.2) is 9.59 Å². The number of anilines is 1. The van der Waals surface area contributed by atoms with Crippen LogP contribution in [0.2, 0.25) is 0 Å². The summed E-state index contributed by atoms with van der Waals surface area (Å²) in [7, 11) is 2.48. The lowest BCUT2D eigenvalue weighted by atomic mass is 10.1. The SMILES string of the molecule is COC(=O)c1ccc(C(=O)OC)c(NC(=O)[C@H]2CC(=O)N(C3CCCC3)C2)c1. The van der Waals surface area contributed by atoms with Crippen LogP contribution < -0.4 is 5.32 Å². The summed E-state index contributed by atoms with van der Waals surface area (Å²) in [5.41, 5.74) is 0.479. The molecule has 1 saturated carbocycles. The fourth-order valence-corrected chi connectivity index (χ4v) is 3.89. The van der Waals surface area contributed by atoms with Gasteiger partial charge in [-0.15, -0.1) is 0 Å². The molecule has 1 aliphatic carbocycles. The van der Waals surface area contributed by atoms with Gasteiger partial charge in [0.15, 0.2) is 0 Å². The van der Waals surface area contributed by atoms with E-state index in [0.717, 1.165) is 25.7 Å². The standard InChI is InChI=1S/C20H24N2O6/c1-27-19(25)12-7-8-15(20(26)28-2)16(9-12)21-18(24)13-10-17(23)22(11-13)14-5-3-4-6-14/h7-9,13-14H,3-6,10-11H2,1-2H3,(H,21,24)/t13-/m0/s1. The lowest BCUT2D eigenvalue weighted by molar-refractivity contribution is -0.129. The molecule has 1 aliphatic heterocycles. The van der Waals surface area contributed by atoms with Gasteiger partial charge in [0.2, 0.25) is 11.8 Å². The molecule has 1 heterocycles. The van der Waals surface area contributed by atoms with Crippen LogP contribution in [0.4, 0.5) is 5.69 Å². The summed E-state index contributed by atoms with van der Waals surface area (Å²) in [4.78, 5) is 50.7. The van der Waals surface area contributed by atoms with Crippen molar-refractivity contribution in [2.45, 2.75) is 38.1 Å². The highest BCUT2D eigenvalue weighted by Gasteiger charge is 2.38. The second kappa shape index (κ2) is 8.41. The van der Waals surface area contributed by atoms with Gasteiger partial charge in [0.25, 0.3) is 0 Å². The summed E-state index contributed by atoms with van der Waals surface area (Å²) < 4.78 is 9.43. The minimum absolute atomic E-state index is 0.0106. The molecule has 0 radical (unpaired) electrons. The summed E-state index contributed by atoms with van der Waals surface area (Å²) in [6.07, 6.45) is 4.32. The number of hydrogen-bond acceptors (Lipinski definition) is 6. The fraction of sp³-hybridized carbons (Fsp3) is 0.500. The molecule has 150 valence electrons. The molecule has 3 rings (SSSR count). The first kappa shape index (κ1) is 19.9. The van der Waals surface area contributed by atoms with Crippen LogP contribution in [0.5, 0.6) is 0 Å². The molecule has 0 bridgehead atoms. The molecule has 0 aromatic heterocycles. The Bertz CT molecular complexity index is 800. The van der Waals surface area contributed by atoms with Crippen molar-refractivity contribution < 1.29 is 28.7 Å². The van der Waals surface area contributed by atoms with Gasteiger partial charge in [-0.2, -0.15) is 0 Å². The van der Waals surface area contributed by atoms with E-state index >= 15 is 0 Å². The first-order valence-corrected chi connectivity index (χ1v) is 9.35. The van der Waals surface area contributed by atoms with Crippen LogP contribution in [0.3, 0.4) is 0 Å². The third-order valence-corrected chi connectivity index (χ3v) is 5.40. The number of carbonyl (C=O) groups excluding carboxylic acids is 4. The topological polar surface area (TPSA) is 102 Å². The maximum atomic E-state index is 12.8. The Morgan fingerprint density at radius 3 is 2.39 bits per heavy atom. The second-order valence-corrected chi connectivity index (χ2v) is 7.12. The molecule has 0 spiro atoms. The first-order valence-electron chi connectivity index (χ1n) is 9.35. The third-order valence-electron chi connectivity index (χ3n) is 5.40. The van der Waals surface area contributed by atoms with Crippen molar-refractivity contribution in [2.24, 2.45) is 5.92 Å². The number of rotatable bonds is 5. The molecule has 2 fully saturated rings. The average Bonchev–Trinajstić information content (AvgIpc) is 3.36. The normalized spacial score (nSPS) is 19.6. The van der Waals surface area contributed by atoms with E-state index in [1.165, 1.54) is 32.4 Å². The molecule has 1 atom stereocenters. The fourth-order valence-electron chi connectivity index (χ4n) is 3.89. The van der Waals surface area contributed by atoms with Gasteiger partial charge >= 0.3 is 11.9 Å². The quantitative estimate of drug-likeness (QED) is 0.774. The number of nitrogens with zero attached hydrogens (tertiary/aromatic N) is 1. The number of nitrogens with one attached hydrogen (secondary N) is 1. The van der Waals surface area contributed by atoms with Gasteiger partial charge in [0, 0.05) is 19.0 Å². The van der Waals surface area contributed by atoms with E-state index < -0.39 is 17.9 Å². The van der Waals surface area contributed by atoms with Crippen LogP contribution in [0.15, 0.2) is 18.2 Å². The molecule has 0 unspecified atom stereocenters. The number of carbonyl (C=O) groups is 4. The lowest BCUT2D eigenvalue weighted by Crippen LogP contribution is -2.35. The van der Waals surface area contributed by atoms with Crippen LogP contribution in [0.1, 0.15) is 52.8 Å². The maximum Gasteiger partial charge on any atom is 0.339 e. The molecule has 1 N–H and O–H groups in total. The highest BCUT2D eigenvalue weighted by molar-refractivity contribution is 6.05. The van der Waals surface area contributed by atoms with Crippen LogP contribution in [-0.2, 0) is 19.1 Å². The molecule has 1 aromatic carbocycles. The average molecular weight is 388 g/mol. The van der Waals surface area contributed by atoms with Crippen molar-refractivity contribution in [2.75, 3.05) is 26.1 Å². The summed E-state index contributed by atoms with van der Waals surface area (Å²) in [5.74, 6) is -2.10. The maximum absolute atomic E-state index is 12.8. The summed E-state index contributed by atoms with van der Waals surface area (Å²) in [5, 5.41) is 2.69. The zero-order valence-electron chi connectivity index (χ0n) is 16.0. The van der Waals surface area contributed by atoms with Gasteiger partial charge < -0.3 is 19.7 Å². The van der Waals surface area contributed by atoms with Crippen molar-refractivity contribution in [3.8, 4) is 0 Å². The Labute approximate surface area is 163 Å². The molecule has 8 heteroatoms. The van der Waals surface area contributed by atoms with Crippen molar-refractivity contribution >= 4 is 29.4 Å². The summed E-state index contributed by atoms with van der Waals surface area (Å²) in [6.45, 7) is 0.375. The molecule has 1 saturated heterocycles. The van der Waals surface area contributed by atoms with Crippen LogP contribution >= 0.6 is 0 Å². The van der Waals surface area contributed by atoms with Crippen molar-refractivity contribution in [3.63, 3.8) is 0 Å². The zero-order valence-corrected chi connectivity index (χ0v) is 16.0. The molecular weight excluding hydrogens is 364 g/mol. The van der Waals surface area contributed by atoms with Gasteiger partial charge in [-0.1, -0.05) is 12.8 Å². The van der Waals surface area contributed by atoms with Gasteiger partial charge in [0.05, 0.1) is 37.0 Å². The van der Waals surface area contributed by atoms with Crippen molar-refractivity contribution in [1.82, 2.24) is 4.90 Å². The predicted molar refractivity (Wildman–Crippen MR) is 99.8 cm³/mol. The van der Waals surface area contributed by atoms with E-state index in [0.29, 0.717) is 6.54 Å². The minimum atomic E-state index is -0.637. The van der Waals surface area contributed by atoms with Gasteiger partial charge in [-0.05, 0) is 31.0 Å². The van der Waals surface area contributed by atoms with Crippen LogP contribution in [0.25, 0.3) is 0 Å². The second-order valence-electron chi connectivity index (χ2n) is 7.12. The van der Waals surface area contributed by atoms with E-state index in [9.17, 15) is 19.2 Å². The Morgan fingerprint density at radius 2 is 1.75 bits per heavy atom. The van der Waals surface area contributed by atoms with E-state index in [2.05, 4.69) is 10.1 Å². The Balaban J connectivity index is 1.77. The van der Waals surface area contributed by atoms with Crippen LogP contribution in [0, 0.1) is 5.92 Å². The molecule has 8 nitrogen and oxygen atoms in total. The largest absolute Gasteiger partial charge is 0.465 e. The Morgan fingerprint density at radius 1 is 1.07 bits per heavy atom. The van der Waals surface area contributed by atoms with Crippen molar-refractivity contribution in [3.05, 3.63) is 29.3 Å². The highest BCUT2D eigenvalue weighted by atomic mass is 16.5. The first-order chi connectivity index (χ1) is 13.4. The number of esters is 2. The van der Waals surface area contributed by atoms with E-state index in [-0.39, 0.29) is 41.1 Å². The summed E-state index contributed by atoms with van der Waals surface area (Å²) >= 11 is 0. The lowest BCUT2D eigenvalue weighted by Gasteiger charge is -2.24. The molecule has 1 aromatic rings. The Kier molecular flexibility index (Phi) is 5.96. The number of amides is 2.